The molecule has 0 radical (unpaired) electrons. The number of carbonyl (C=O) groups is 1. The van der Waals surface area contributed by atoms with Gasteiger partial charge in [0.1, 0.15) is 5.82 Å². The average molecular weight is 437 g/mol. The first kappa shape index (κ1) is 20.4. The number of anilines is 1. The molecule has 3 aromatic rings. The molecular formula is C19H15Cl2FN4OS. The van der Waals surface area contributed by atoms with Gasteiger partial charge in [-0.05, 0) is 24.3 Å². The van der Waals surface area contributed by atoms with Crippen LogP contribution in [0.1, 0.15) is 0 Å². The van der Waals surface area contributed by atoms with Crippen LogP contribution < -0.4 is 5.32 Å². The minimum Gasteiger partial charge on any atom is -0.324 e. The van der Waals surface area contributed by atoms with Gasteiger partial charge in [0.15, 0.2) is 11.0 Å². The Hall–Kier alpha value is -2.35. The maximum absolute atomic E-state index is 14.1. The number of aromatic nitrogens is 3. The van der Waals surface area contributed by atoms with Crippen molar-refractivity contribution in [2.45, 2.75) is 11.7 Å². The maximum Gasteiger partial charge on any atom is 0.234 e. The van der Waals surface area contributed by atoms with Crippen LogP contribution in [0, 0.1) is 5.82 Å². The first-order valence-corrected chi connectivity index (χ1v) is 9.91. The number of halogens is 3. The molecule has 0 aliphatic carbocycles. The average Bonchev–Trinajstić information content (AvgIpc) is 3.07. The molecule has 0 bridgehead atoms. The van der Waals surface area contributed by atoms with E-state index in [-0.39, 0.29) is 16.7 Å². The van der Waals surface area contributed by atoms with Gasteiger partial charge in [-0.3, -0.25) is 9.36 Å². The van der Waals surface area contributed by atoms with Crippen molar-refractivity contribution in [3.05, 3.63) is 71.0 Å². The Bertz CT molecular complexity index is 1020. The van der Waals surface area contributed by atoms with Crippen molar-refractivity contribution in [1.29, 1.82) is 0 Å². The van der Waals surface area contributed by atoms with Crippen LogP contribution in [-0.2, 0) is 11.3 Å². The SMILES string of the molecule is C=CCn1c(SCC(=O)Nc2cccc(Cl)c2Cl)nnc1-c1ccccc1F. The summed E-state index contributed by atoms with van der Waals surface area (Å²) in [5, 5.41) is 12.0. The minimum atomic E-state index is -0.398. The number of carbonyl (C=O) groups excluding carboxylic acids is 1. The fourth-order valence-electron chi connectivity index (χ4n) is 2.45. The van der Waals surface area contributed by atoms with Crippen LogP contribution in [0.2, 0.25) is 10.0 Å². The molecule has 2 aromatic carbocycles. The Balaban J connectivity index is 1.75. The second kappa shape index (κ2) is 9.23. The van der Waals surface area contributed by atoms with Gasteiger partial charge in [-0.15, -0.1) is 16.8 Å². The smallest absolute Gasteiger partial charge is 0.234 e. The third-order valence-electron chi connectivity index (χ3n) is 3.70. The molecule has 0 aliphatic heterocycles. The van der Waals surface area contributed by atoms with E-state index in [9.17, 15) is 9.18 Å². The summed E-state index contributed by atoms with van der Waals surface area (Å²) in [7, 11) is 0. The predicted molar refractivity (Wildman–Crippen MR) is 111 cm³/mol. The summed E-state index contributed by atoms with van der Waals surface area (Å²) in [6, 6.07) is 11.3. The lowest BCUT2D eigenvalue weighted by Crippen LogP contribution is -2.15. The zero-order valence-electron chi connectivity index (χ0n) is 14.5. The quantitative estimate of drug-likeness (QED) is 0.402. The van der Waals surface area contributed by atoms with Gasteiger partial charge >= 0.3 is 0 Å². The van der Waals surface area contributed by atoms with Crippen molar-refractivity contribution in [2.24, 2.45) is 0 Å². The van der Waals surface area contributed by atoms with Crippen LogP contribution in [0.4, 0.5) is 10.1 Å². The zero-order valence-corrected chi connectivity index (χ0v) is 16.9. The predicted octanol–water partition coefficient (Wildman–Crippen LogP) is 5.31. The molecule has 1 amide bonds. The Morgan fingerprint density at radius 2 is 2.00 bits per heavy atom. The number of hydrogen-bond acceptors (Lipinski definition) is 4. The highest BCUT2D eigenvalue weighted by molar-refractivity contribution is 7.99. The van der Waals surface area contributed by atoms with Gasteiger partial charge in [-0.25, -0.2) is 4.39 Å². The monoisotopic (exact) mass is 436 g/mol. The molecule has 0 saturated heterocycles. The summed E-state index contributed by atoms with van der Waals surface area (Å²) >= 11 is 13.2. The summed E-state index contributed by atoms with van der Waals surface area (Å²) in [6.45, 7) is 4.09. The molecule has 1 N–H and O–H groups in total. The van der Waals surface area contributed by atoms with Crippen molar-refractivity contribution in [1.82, 2.24) is 14.8 Å². The summed E-state index contributed by atoms with van der Waals surface area (Å²) < 4.78 is 15.8. The van der Waals surface area contributed by atoms with Crippen molar-refractivity contribution in [2.75, 3.05) is 11.1 Å². The van der Waals surface area contributed by atoms with E-state index >= 15 is 0 Å². The number of rotatable bonds is 7. The van der Waals surface area contributed by atoms with Crippen LogP contribution in [-0.4, -0.2) is 26.4 Å². The lowest BCUT2D eigenvalue weighted by atomic mass is 10.2. The first-order valence-electron chi connectivity index (χ1n) is 8.17. The molecule has 0 spiro atoms. The van der Waals surface area contributed by atoms with Gasteiger partial charge in [-0.1, -0.05) is 59.2 Å². The van der Waals surface area contributed by atoms with E-state index in [1.165, 1.54) is 17.8 Å². The molecule has 0 saturated carbocycles. The van der Waals surface area contributed by atoms with E-state index in [0.717, 1.165) is 0 Å². The summed E-state index contributed by atoms with van der Waals surface area (Å²) in [6.07, 6.45) is 1.66. The summed E-state index contributed by atoms with van der Waals surface area (Å²) in [5.41, 5.74) is 0.762. The molecule has 0 unspecified atom stereocenters. The third-order valence-corrected chi connectivity index (χ3v) is 5.49. The largest absolute Gasteiger partial charge is 0.324 e. The van der Waals surface area contributed by atoms with Crippen LogP contribution in [0.5, 0.6) is 0 Å². The van der Waals surface area contributed by atoms with E-state index < -0.39 is 5.82 Å². The molecule has 3 rings (SSSR count). The van der Waals surface area contributed by atoms with E-state index in [1.807, 2.05) is 0 Å². The molecule has 5 nitrogen and oxygen atoms in total. The lowest BCUT2D eigenvalue weighted by molar-refractivity contribution is -0.113. The summed E-state index contributed by atoms with van der Waals surface area (Å²) in [5.74, 6) is -0.242. The van der Waals surface area contributed by atoms with E-state index in [4.69, 9.17) is 23.2 Å². The highest BCUT2D eigenvalue weighted by Gasteiger charge is 2.17. The number of thioether (sulfide) groups is 1. The molecule has 1 heterocycles. The molecule has 28 heavy (non-hydrogen) atoms. The van der Waals surface area contributed by atoms with Gasteiger partial charge in [0, 0.05) is 6.54 Å². The molecular weight excluding hydrogens is 422 g/mol. The standard InChI is InChI=1S/C19H15Cl2FN4OS/c1-2-10-26-18(12-6-3-4-8-14(12)22)24-25-19(26)28-11-16(27)23-15-9-5-7-13(20)17(15)21/h2-9H,1,10-11H2,(H,23,27). The topological polar surface area (TPSA) is 59.8 Å². The Morgan fingerprint density at radius 1 is 1.21 bits per heavy atom. The zero-order chi connectivity index (χ0) is 20.1. The van der Waals surface area contributed by atoms with Crippen LogP contribution in [0.15, 0.2) is 60.3 Å². The molecule has 9 heteroatoms. The second-order valence-corrected chi connectivity index (χ2v) is 7.35. The second-order valence-electron chi connectivity index (χ2n) is 5.62. The van der Waals surface area contributed by atoms with Crippen molar-refractivity contribution < 1.29 is 9.18 Å². The van der Waals surface area contributed by atoms with E-state index in [2.05, 4.69) is 22.1 Å². The minimum absolute atomic E-state index is 0.0649. The molecule has 0 aliphatic rings. The number of benzene rings is 2. The lowest BCUT2D eigenvalue weighted by Gasteiger charge is -2.09. The van der Waals surface area contributed by atoms with Gasteiger partial charge in [0.25, 0.3) is 0 Å². The molecule has 0 atom stereocenters. The van der Waals surface area contributed by atoms with Crippen molar-refractivity contribution in [3.63, 3.8) is 0 Å². The highest BCUT2D eigenvalue weighted by Crippen LogP contribution is 2.30. The summed E-state index contributed by atoms with van der Waals surface area (Å²) in [4.78, 5) is 12.3. The first-order chi connectivity index (χ1) is 13.5. The number of nitrogens with zero attached hydrogens (tertiary/aromatic N) is 3. The Morgan fingerprint density at radius 3 is 2.75 bits per heavy atom. The van der Waals surface area contributed by atoms with Gasteiger partial charge in [-0.2, -0.15) is 0 Å². The van der Waals surface area contributed by atoms with Crippen molar-refractivity contribution >= 4 is 46.6 Å². The Kier molecular flexibility index (Phi) is 6.72. The molecule has 1 aromatic heterocycles. The van der Waals surface area contributed by atoms with Crippen LogP contribution >= 0.6 is 35.0 Å². The van der Waals surface area contributed by atoms with Crippen molar-refractivity contribution in [3.8, 4) is 11.4 Å². The number of amides is 1. The fourth-order valence-corrected chi connectivity index (χ4v) is 3.54. The fraction of sp³-hybridized carbons (Fsp3) is 0.105. The van der Waals surface area contributed by atoms with Gasteiger partial charge in [0.2, 0.25) is 5.91 Å². The van der Waals surface area contributed by atoms with Crippen LogP contribution in [0.25, 0.3) is 11.4 Å². The maximum atomic E-state index is 14.1. The normalized spacial score (nSPS) is 10.7. The number of allylic oxidation sites excluding steroid dienone is 1. The van der Waals surface area contributed by atoms with E-state index in [0.29, 0.717) is 33.8 Å². The highest BCUT2D eigenvalue weighted by atomic mass is 35.5. The van der Waals surface area contributed by atoms with Crippen LogP contribution in [0.3, 0.4) is 0 Å². The third kappa shape index (κ3) is 4.55. The van der Waals surface area contributed by atoms with Gasteiger partial charge < -0.3 is 5.32 Å². The van der Waals surface area contributed by atoms with Gasteiger partial charge in [0.05, 0.1) is 27.0 Å². The number of hydrogen-bond donors (Lipinski definition) is 1. The van der Waals surface area contributed by atoms with E-state index in [1.54, 1.807) is 47.0 Å². The Labute approximate surface area is 175 Å². The number of nitrogens with one attached hydrogen (secondary N) is 1. The molecule has 0 fully saturated rings. The molecule has 144 valence electrons.